The van der Waals surface area contributed by atoms with Crippen LogP contribution in [0.1, 0.15) is 82.0 Å². The van der Waals surface area contributed by atoms with Gasteiger partial charge in [-0.05, 0) is 64.8 Å². The summed E-state index contributed by atoms with van der Waals surface area (Å²) in [5, 5.41) is 0. The van der Waals surface area contributed by atoms with E-state index in [2.05, 4.69) is 6.92 Å². The van der Waals surface area contributed by atoms with Crippen LogP contribution in [-0.2, 0) is 47.4 Å². The Balaban J connectivity index is 0.000000211. The quantitative estimate of drug-likeness (QED) is 0.247. The van der Waals surface area contributed by atoms with Crippen LogP contribution in [0.25, 0.3) is 0 Å². The second-order valence-corrected chi connectivity index (χ2v) is 13.4. The molecule has 4 saturated heterocycles. The summed E-state index contributed by atoms with van der Waals surface area (Å²) < 4.78 is 51.6. The molecule has 0 spiro atoms. The maximum atomic E-state index is 12.6. The van der Waals surface area contributed by atoms with Crippen LogP contribution in [0.5, 0.6) is 0 Å². The number of hydrogen-bond acceptors (Lipinski definition) is 12. The molecular weight excluding hydrogens is 636 g/mol. The molecule has 2 aromatic rings. The number of ether oxygens (including phenoxy) is 9. The maximum absolute atomic E-state index is 12.6. The lowest BCUT2D eigenvalue weighted by atomic mass is 9.92. The predicted octanol–water partition coefficient (Wildman–Crippen LogP) is 5.42. The Bertz CT molecular complexity index is 1410. The largest absolute Gasteiger partial charge is 0.463 e. The van der Waals surface area contributed by atoms with E-state index in [1.165, 1.54) is 6.92 Å². The molecule has 0 amide bonds. The zero-order valence-electron chi connectivity index (χ0n) is 29.2. The number of carbonyl (C=O) groups is 3. The molecule has 0 saturated carbocycles. The Kier molecular flexibility index (Phi) is 11.8. The minimum absolute atomic E-state index is 0.00249. The van der Waals surface area contributed by atoms with Crippen LogP contribution in [0.2, 0.25) is 0 Å². The van der Waals surface area contributed by atoms with Crippen LogP contribution in [0.4, 0.5) is 0 Å². The van der Waals surface area contributed by atoms with E-state index in [4.69, 9.17) is 42.6 Å². The molecule has 2 aromatic carbocycles. The molecule has 9 atom stereocenters. The number of fused-ring (bicyclic) bond motifs is 1. The number of carbonyl (C=O) groups excluding carboxylic acids is 3. The number of rotatable bonds is 9. The summed E-state index contributed by atoms with van der Waals surface area (Å²) in [6.07, 6.45) is -1.31. The second kappa shape index (κ2) is 15.7. The van der Waals surface area contributed by atoms with E-state index in [1.807, 2.05) is 34.6 Å². The van der Waals surface area contributed by atoms with E-state index < -0.39 is 48.0 Å². The molecule has 12 heteroatoms. The van der Waals surface area contributed by atoms with Crippen LogP contribution in [-0.4, -0.2) is 85.8 Å². The zero-order valence-corrected chi connectivity index (χ0v) is 29.2. The van der Waals surface area contributed by atoms with Crippen molar-refractivity contribution in [1.82, 2.24) is 0 Å². The monoisotopic (exact) mass is 684 g/mol. The molecule has 0 radical (unpaired) electrons. The Hall–Kier alpha value is -3.39. The highest BCUT2D eigenvalue weighted by Gasteiger charge is 2.57. The highest BCUT2D eigenvalue weighted by molar-refractivity contribution is 5.90. The maximum Gasteiger partial charge on any atom is 0.340 e. The zero-order chi connectivity index (χ0) is 35.3. The molecule has 0 aromatic heterocycles. The topological polar surface area (TPSA) is 134 Å². The Labute approximate surface area is 287 Å². The molecule has 4 aliphatic heterocycles. The van der Waals surface area contributed by atoms with Crippen molar-refractivity contribution < 1.29 is 57.0 Å². The van der Waals surface area contributed by atoms with Gasteiger partial charge in [0.25, 0.3) is 0 Å². The van der Waals surface area contributed by atoms with Crippen LogP contribution in [0, 0.1) is 11.8 Å². The van der Waals surface area contributed by atoms with Crippen molar-refractivity contribution in [2.75, 3.05) is 13.2 Å². The van der Waals surface area contributed by atoms with E-state index in [-0.39, 0.29) is 43.0 Å². The molecule has 0 bridgehead atoms. The lowest BCUT2D eigenvalue weighted by molar-refractivity contribution is -0.227. The fourth-order valence-corrected chi connectivity index (χ4v) is 6.67. The minimum atomic E-state index is -1.11. The second-order valence-electron chi connectivity index (χ2n) is 13.4. The van der Waals surface area contributed by atoms with Crippen LogP contribution < -0.4 is 0 Å². The highest BCUT2D eigenvalue weighted by atomic mass is 16.8. The Morgan fingerprint density at radius 2 is 1.33 bits per heavy atom. The molecule has 9 unspecified atom stereocenters. The third-order valence-electron chi connectivity index (χ3n) is 8.98. The SMILES string of the molecule is CCC1C(C2COC(C)(C)O2)OC2OC(C)(C)OC21.CCC1C(COC(C)=O)OC(OC(=O)c2ccccc2)C1OC(=O)c1ccccc1. The highest BCUT2D eigenvalue weighted by Crippen LogP contribution is 2.45. The molecule has 4 fully saturated rings. The normalized spacial score (nSPS) is 32.4. The van der Waals surface area contributed by atoms with Gasteiger partial charge in [0.05, 0.1) is 23.8 Å². The summed E-state index contributed by atoms with van der Waals surface area (Å²) >= 11 is 0. The Morgan fingerprint density at radius 3 is 1.86 bits per heavy atom. The van der Waals surface area contributed by atoms with Crippen molar-refractivity contribution in [3.8, 4) is 0 Å². The fourth-order valence-electron chi connectivity index (χ4n) is 6.67. The molecule has 0 N–H and O–H groups in total. The van der Waals surface area contributed by atoms with Gasteiger partial charge in [0.2, 0.25) is 6.29 Å². The first kappa shape index (κ1) is 36.9. The standard InChI is InChI=1S/C23H24O7.C14H24O5/c1-3-18-19(14-27-15(2)24)28-23(30-22(26)17-12-8-5-9-13-17)20(18)29-21(25)16-10-6-4-7-11-16;1-6-8-10(9-7-15-13(2,3)17-9)16-12-11(8)18-14(4,5)19-12/h4-13,18-20,23H,3,14H2,1-2H3;8-12H,6-7H2,1-5H3. The smallest absolute Gasteiger partial charge is 0.340 e. The van der Waals surface area contributed by atoms with Gasteiger partial charge in [-0.2, -0.15) is 0 Å². The van der Waals surface area contributed by atoms with E-state index in [1.54, 1.807) is 60.7 Å². The summed E-state index contributed by atoms with van der Waals surface area (Å²) in [5.74, 6) is -2.69. The average Bonchev–Trinajstić information content (AvgIpc) is 3.79. The van der Waals surface area contributed by atoms with Gasteiger partial charge in [0.1, 0.15) is 24.9 Å². The summed E-state index contributed by atoms with van der Waals surface area (Å²) in [6, 6.07) is 17.0. The van der Waals surface area contributed by atoms with Crippen LogP contribution in [0.3, 0.4) is 0 Å². The molecule has 268 valence electrons. The van der Waals surface area contributed by atoms with Gasteiger partial charge in [-0.15, -0.1) is 0 Å². The third kappa shape index (κ3) is 9.05. The van der Waals surface area contributed by atoms with Crippen molar-refractivity contribution >= 4 is 17.9 Å². The first-order chi connectivity index (χ1) is 23.3. The lowest BCUT2D eigenvalue weighted by Gasteiger charge is -2.28. The van der Waals surface area contributed by atoms with Crippen molar-refractivity contribution in [1.29, 1.82) is 0 Å². The predicted molar refractivity (Wildman–Crippen MR) is 174 cm³/mol. The molecule has 0 aliphatic carbocycles. The molecule has 4 aliphatic rings. The molecular formula is C37H48O12. The van der Waals surface area contributed by atoms with E-state index in [9.17, 15) is 14.4 Å². The van der Waals surface area contributed by atoms with Gasteiger partial charge < -0.3 is 42.6 Å². The fraction of sp³-hybridized carbons (Fsp3) is 0.595. The first-order valence-electron chi connectivity index (χ1n) is 16.9. The van der Waals surface area contributed by atoms with Crippen LogP contribution in [0.15, 0.2) is 60.7 Å². The molecule has 6 rings (SSSR count). The van der Waals surface area contributed by atoms with E-state index in [0.29, 0.717) is 24.2 Å². The van der Waals surface area contributed by atoms with Crippen molar-refractivity contribution in [2.45, 2.75) is 116 Å². The number of hydrogen-bond donors (Lipinski definition) is 0. The van der Waals surface area contributed by atoms with Crippen molar-refractivity contribution in [3.05, 3.63) is 71.8 Å². The van der Waals surface area contributed by atoms with Gasteiger partial charge in [-0.1, -0.05) is 50.2 Å². The minimum Gasteiger partial charge on any atom is -0.463 e. The van der Waals surface area contributed by atoms with Gasteiger partial charge in [-0.25, -0.2) is 9.59 Å². The summed E-state index contributed by atoms with van der Waals surface area (Å²) in [5.41, 5.74) is 0.731. The summed E-state index contributed by atoms with van der Waals surface area (Å²) in [6.45, 7) is 13.6. The first-order valence-corrected chi connectivity index (χ1v) is 16.9. The van der Waals surface area contributed by atoms with E-state index >= 15 is 0 Å². The lowest BCUT2D eigenvalue weighted by Crippen LogP contribution is -2.38. The van der Waals surface area contributed by atoms with Crippen molar-refractivity contribution in [3.63, 3.8) is 0 Å². The third-order valence-corrected chi connectivity index (χ3v) is 8.98. The average molecular weight is 685 g/mol. The van der Waals surface area contributed by atoms with Gasteiger partial charge in [0, 0.05) is 18.8 Å². The summed E-state index contributed by atoms with van der Waals surface area (Å²) in [4.78, 5) is 36.4. The molecule has 49 heavy (non-hydrogen) atoms. The number of benzene rings is 2. The number of esters is 3. The van der Waals surface area contributed by atoms with Crippen LogP contribution >= 0.6 is 0 Å². The molecule has 12 nitrogen and oxygen atoms in total. The summed E-state index contributed by atoms with van der Waals surface area (Å²) in [7, 11) is 0. The molecule has 4 heterocycles. The van der Waals surface area contributed by atoms with Gasteiger partial charge >= 0.3 is 17.9 Å². The van der Waals surface area contributed by atoms with Gasteiger partial charge in [-0.3, -0.25) is 4.79 Å². The van der Waals surface area contributed by atoms with Gasteiger partial charge in [0.15, 0.2) is 24.0 Å². The Morgan fingerprint density at radius 1 is 0.735 bits per heavy atom. The van der Waals surface area contributed by atoms with Crippen molar-refractivity contribution in [2.24, 2.45) is 11.8 Å². The van der Waals surface area contributed by atoms with E-state index in [0.717, 1.165) is 6.42 Å².